The molecule has 1 amide bonds. The number of rotatable bonds is 6. The minimum Gasteiger partial charge on any atom is -0.302 e. The third-order valence-electron chi connectivity index (χ3n) is 4.64. The van der Waals surface area contributed by atoms with Gasteiger partial charge in [-0.1, -0.05) is 78.1 Å². The van der Waals surface area contributed by atoms with Gasteiger partial charge in [-0.25, -0.2) is 4.98 Å². The van der Waals surface area contributed by atoms with Crippen LogP contribution in [0.3, 0.4) is 0 Å². The lowest BCUT2D eigenvalue weighted by atomic mass is 9.88. The van der Waals surface area contributed by atoms with Gasteiger partial charge < -0.3 is 5.32 Å². The molecule has 4 rings (SSSR count). The highest BCUT2D eigenvalue weighted by Crippen LogP contribution is 2.33. The van der Waals surface area contributed by atoms with Crippen molar-refractivity contribution in [2.24, 2.45) is 0 Å². The van der Waals surface area contributed by atoms with Gasteiger partial charge in [-0.15, -0.1) is 11.8 Å². The molecule has 1 aromatic heterocycles. The molecule has 1 N–H and O–H groups in total. The highest BCUT2D eigenvalue weighted by Gasteiger charge is 2.19. The number of fused-ring (bicyclic) bond motifs is 1. The van der Waals surface area contributed by atoms with Gasteiger partial charge >= 0.3 is 0 Å². The van der Waals surface area contributed by atoms with E-state index in [-0.39, 0.29) is 11.8 Å². The quantitative estimate of drug-likeness (QED) is 0.390. The van der Waals surface area contributed by atoms with Crippen LogP contribution in [0.25, 0.3) is 10.2 Å². The second-order valence-electron chi connectivity index (χ2n) is 6.45. The standard InChI is InChI=1S/C23H20N2OS2/c1-27-19-13-8-14-20-22(19)25-23(28-20)24-21(26)15-18(16-9-4-2-5-10-16)17-11-6-3-7-12-17/h2-14,18H,15H2,1H3,(H,24,25,26). The Labute approximate surface area is 172 Å². The Bertz CT molecular complexity index is 1040. The zero-order valence-electron chi connectivity index (χ0n) is 15.5. The van der Waals surface area contributed by atoms with Crippen molar-refractivity contribution in [1.29, 1.82) is 0 Å². The van der Waals surface area contributed by atoms with E-state index in [2.05, 4.69) is 40.6 Å². The number of nitrogens with zero attached hydrogens (tertiary/aromatic N) is 1. The van der Waals surface area contributed by atoms with Crippen LogP contribution in [0.1, 0.15) is 23.5 Å². The predicted octanol–water partition coefficient (Wildman–Crippen LogP) is 6.18. The molecule has 0 atom stereocenters. The summed E-state index contributed by atoms with van der Waals surface area (Å²) in [4.78, 5) is 18.6. The lowest BCUT2D eigenvalue weighted by molar-refractivity contribution is -0.116. The minimum absolute atomic E-state index is 0.0125. The molecule has 4 aromatic rings. The first-order valence-electron chi connectivity index (χ1n) is 9.08. The lowest BCUT2D eigenvalue weighted by Crippen LogP contribution is -2.16. The number of hydrogen-bond donors (Lipinski definition) is 1. The fourth-order valence-electron chi connectivity index (χ4n) is 3.30. The summed E-state index contributed by atoms with van der Waals surface area (Å²) in [5.41, 5.74) is 3.23. The van der Waals surface area contributed by atoms with Gasteiger partial charge in [0.1, 0.15) is 0 Å². The number of thiazole rings is 1. The van der Waals surface area contributed by atoms with Crippen molar-refractivity contribution >= 4 is 44.4 Å². The molecule has 0 aliphatic heterocycles. The van der Waals surface area contributed by atoms with Crippen molar-refractivity contribution in [3.8, 4) is 0 Å². The number of carbonyl (C=O) groups excluding carboxylic acids is 1. The van der Waals surface area contributed by atoms with Crippen LogP contribution in [0.5, 0.6) is 0 Å². The molecule has 0 spiro atoms. The summed E-state index contributed by atoms with van der Waals surface area (Å²) < 4.78 is 1.09. The van der Waals surface area contributed by atoms with Gasteiger partial charge in [0.05, 0.1) is 10.2 Å². The molecule has 0 fully saturated rings. The number of thioether (sulfide) groups is 1. The number of anilines is 1. The lowest BCUT2D eigenvalue weighted by Gasteiger charge is -2.17. The fourth-order valence-corrected chi connectivity index (χ4v) is 4.83. The molecule has 3 aromatic carbocycles. The molecule has 0 aliphatic rings. The van der Waals surface area contributed by atoms with Gasteiger partial charge in [0.2, 0.25) is 5.91 Å². The summed E-state index contributed by atoms with van der Waals surface area (Å²) in [5, 5.41) is 3.67. The second kappa shape index (κ2) is 8.59. The molecule has 0 saturated carbocycles. The number of aromatic nitrogens is 1. The van der Waals surface area contributed by atoms with Crippen LogP contribution in [-0.2, 0) is 4.79 Å². The molecule has 28 heavy (non-hydrogen) atoms. The van der Waals surface area contributed by atoms with Crippen molar-refractivity contribution in [3.63, 3.8) is 0 Å². The van der Waals surface area contributed by atoms with Gasteiger partial charge in [0.15, 0.2) is 5.13 Å². The van der Waals surface area contributed by atoms with Crippen molar-refractivity contribution in [2.45, 2.75) is 17.2 Å². The van der Waals surface area contributed by atoms with Crippen LogP contribution < -0.4 is 5.32 Å². The van der Waals surface area contributed by atoms with Gasteiger partial charge in [0, 0.05) is 17.2 Å². The van der Waals surface area contributed by atoms with Crippen molar-refractivity contribution in [1.82, 2.24) is 4.98 Å². The predicted molar refractivity (Wildman–Crippen MR) is 119 cm³/mol. The van der Waals surface area contributed by atoms with Gasteiger partial charge in [-0.05, 0) is 29.5 Å². The third-order valence-corrected chi connectivity index (χ3v) is 6.35. The Hall–Kier alpha value is -2.63. The number of amides is 1. The molecule has 0 saturated heterocycles. The fraction of sp³-hybridized carbons (Fsp3) is 0.130. The normalized spacial score (nSPS) is 11.1. The maximum Gasteiger partial charge on any atom is 0.227 e. The van der Waals surface area contributed by atoms with Crippen LogP contribution in [-0.4, -0.2) is 17.1 Å². The summed E-state index contributed by atoms with van der Waals surface area (Å²) in [5.74, 6) is -0.0130. The zero-order valence-corrected chi connectivity index (χ0v) is 17.1. The first-order valence-corrected chi connectivity index (χ1v) is 11.1. The van der Waals surface area contributed by atoms with E-state index in [0.29, 0.717) is 11.6 Å². The number of benzene rings is 3. The first-order chi connectivity index (χ1) is 13.7. The van der Waals surface area contributed by atoms with Crippen molar-refractivity contribution in [2.75, 3.05) is 11.6 Å². The highest BCUT2D eigenvalue weighted by atomic mass is 32.2. The van der Waals surface area contributed by atoms with Crippen LogP contribution in [0.4, 0.5) is 5.13 Å². The van der Waals surface area contributed by atoms with Crippen molar-refractivity contribution < 1.29 is 4.79 Å². The number of hydrogen-bond acceptors (Lipinski definition) is 4. The summed E-state index contributed by atoms with van der Waals surface area (Å²) in [6, 6.07) is 26.5. The Morgan fingerprint density at radius 1 is 0.964 bits per heavy atom. The average Bonchev–Trinajstić information content (AvgIpc) is 3.15. The van der Waals surface area contributed by atoms with Crippen LogP contribution >= 0.6 is 23.1 Å². The second-order valence-corrected chi connectivity index (χ2v) is 8.33. The van der Waals surface area contributed by atoms with Crippen molar-refractivity contribution in [3.05, 3.63) is 90.0 Å². The number of nitrogens with one attached hydrogen (secondary N) is 1. The highest BCUT2D eigenvalue weighted by molar-refractivity contribution is 7.98. The Morgan fingerprint density at radius 2 is 1.61 bits per heavy atom. The topological polar surface area (TPSA) is 42.0 Å². The van der Waals surface area contributed by atoms with Crippen LogP contribution in [0.2, 0.25) is 0 Å². The molecule has 0 unspecified atom stereocenters. The summed E-state index contributed by atoms with van der Waals surface area (Å²) in [6.07, 6.45) is 2.41. The maximum atomic E-state index is 12.9. The molecule has 0 bridgehead atoms. The zero-order chi connectivity index (χ0) is 19.3. The summed E-state index contributed by atoms with van der Waals surface area (Å²) >= 11 is 3.18. The molecule has 0 radical (unpaired) electrons. The van der Waals surface area contributed by atoms with Gasteiger partial charge in [-0.3, -0.25) is 4.79 Å². The van der Waals surface area contributed by atoms with E-state index in [0.717, 1.165) is 26.2 Å². The Morgan fingerprint density at radius 3 is 2.21 bits per heavy atom. The molecule has 0 aliphatic carbocycles. The number of para-hydroxylation sites is 1. The monoisotopic (exact) mass is 404 g/mol. The molecular formula is C23H20N2OS2. The summed E-state index contributed by atoms with van der Waals surface area (Å²) in [6.45, 7) is 0. The number of carbonyl (C=O) groups is 1. The minimum atomic E-state index is -0.0255. The van der Waals surface area contributed by atoms with E-state index >= 15 is 0 Å². The van der Waals surface area contributed by atoms with Gasteiger partial charge in [-0.2, -0.15) is 0 Å². The molecule has 3 nitrogen and oxygen atoms in total. The van der Waals surface area contributed by atoms with Crippen LogP contribution in [0.15, 0.2) is 83.8 Å². The Balaban J connectivity index is 1.57. The van der Waals surface area contributed by atoms with Gasteiger partial charge in [0.25, 0.3) is 0 Å². The molecule has 140 valence electrons. The Kier molecular flexibility index (Phi) is 5.74. The molecule has 1 heterocycles. The van der Waals surface area contributed by atoms with E-state index in [1.165, 1.54) is 11.3 Å². The maximum absolute atomic E-state index is 12.9. The van der Waals surface area contributed by atoms with E-state index in [1.54, 1.807) is 11.8 Å². The first kappa shape index (κ1) is 18.7. The SMILES string of the molecule is CSc1cccc2sc(NC(=O)CC(c3ccccc3)c3ccccc3)nc12. The van der Waals surface area contributed by atoms with E-state index in [9.17, 15) is 4.79 Å². The van der Waals surface area contributed by atoms with E-state index in [1.807, 2.05) is 54.8 Å². The van der Waals surface area contributed by atoms with E-state index < -0.39 is 0 Å². The summed E-state index contributed by atoms with van der Waals surface area (Å²) in [7, 11) is 0. The molecule has 5 heteroatoms. The van der Waals surface area contributed by atoms with Crippen LogP contribution in [0, 0.1) is 0 Å². The third kappa shape index (κ3) is 4.11. The van der Waals surface area contributed by atoms with E-state index in [4.69, 9.17) is 0 Å². The average molecular weight is 405 g/mol. The largest absolute Gasteiger partial charge is 0.302 e. The smallest absolute Gasteiger partial charge is 0.227 e. The molecular weight excluding hydrogens is 384 g/mol.